The number of methoxy groups -OCH3 is 1. The summed E-state index contributed by atoms with van der Waals surface area (Å²) in [6, 6.07) is 1.85. The summed E-state index contributed by atoms with van der Waals surface area (Å²) >= 11 is 0. The third-order valence-electron chi connectivity index (χ3n) is 4.83. The third kappa shape index (κ3) is 3.67. The maximum absolute atomic E-state index is 12.7. The zero-order valence-electron chi connectivity index (χ0n) is 15.0. The van der Waals surface area contributed by atoms with Crippen molar-refractivity contribution in [2.24, 2.45) is 5.92 Å². The first kappa shape index (κ1) is 17.4. The van der Waals surface area contributed by atoms with Crippen LogP contribution < -0.4 is 9.64 Å². The van der Waals surface area contributed by atoms with Gasteiger partial charge in [0.25, 0.3) is 0 Å². The number of rotatable bonds is 4. The monoisotopic (exact) mass is 347 g/mol. The molecule has 0 radical (unpaired) electrons. The van der Waals surface area contributed by atoms with Gasteiger partial charge in [-0.25, -0.2) is 4.98 Å². The number of nitrogens with zero attached hydrogens (tertiary/aromatic N) is 5. The van der Waals surface area contributed by atoms with Gasteiger partial charge in [-0.3, -0.25) is 9.59 Å². The molecule has 136 valence electrons. The van der Waals surface area contributed by atoms with E-state index in [0.717, 1.165) is 0 Å². The van der Waals surface area contributed by atoms with Gasteiger partial charge in [-0.15, -0.1) is 0 Å². The van der Waals surface area contributed by atoms with Crippen LogP contribution in [0.15, 0.2) is 12.3 Å². The molecular weight excluding hydrogens is 322 g/mol. The number of piperazine rings is 1. The number of anilines is 1. The Hall–Kier alpha value is -2.38. The Morgan fingerprint density at radius 2 is 2.00 bits per heavy atom. The number of aromatic nitrogens is 2. The van der Waals surface area contributed by atoms with Crippen LogP contribution in [-0.2, 0) is 9.59 Å². The zero-order chi connectivity index (χ0) is 18.0. The van der Waals surface area contributed by atoms with E-state index >= 15 is 0 Å². The molecule has 0 bridgehead atoms. The average Bonchev–Trinajstić information content (AvgIpc) is 3.03. The molecule has 25 heavy (non-hydrogen) atoms. The van der Waals surface area contributed by atoms with E-state index in [1.165, 1.54) is 0 Å². The third-order valence-corrected chi connectivity index (χ3v) is 4.83. The molecule has 0 unspecified atom stereocenters. The number of hydrogen-bond acceptors (Lipinski definition) is 6. The Morgan fingerprint density at radius 1 is 1.28 bits per heavy atom. The maximum Gasteiger partial charge on any atom is 0.228 e. The summed E-state index contributed by atoms with van der Waals surface area (Å²) < 4.78 is 5.13. The summed E-state index contributed by atoms with van der Waals surface area (Å²) in [6.07, 6.45) is 2.00. The second-order valence-electron chi connectivity index (χ2n) is 6.75. The zero-order valence-corrected chi connectivity index (χ0v) is 15.0. The lowest BCUT2D eigenvalue weighted by molar-refractivity contribution is -0.136. The highest BCUT2D eigenvalue weighted by Crippen LogP contribution is 2.23. The minimum atomic E-state index is -0.213. The number of amides is 2. The summed E-state index contributed by atoms with van der Waals surface area (Å²) in [5.41, 5.74) is 0. The number of ether oxygens (including phenoxy) is 1. The van der Waals surface area contributed by atoms with E-state index in [-0.39, 0.29) is 23.8 Å². The van der Waals surface area contributed by atoms with Crippen molar-refractivity contribution in [1.29, 1.82) is 0 Å². The minimum Gasteiger partial charge on any atom is -0.481 e. The van der Waals surface area contributed by atoms with Gasteiger partial charge in [-0.2, -0.15) is 4.98 Å². The molecule has 2 saturated heterocycles. The summed E-state index contributed by atoms with van der Waals surface area (Å²) in [5, 5.41) is 0. The first-order valence-electron chi connectivity index (χ1n) is 8.70. The first-order chi connectivity index (χ1) is 12.0. The van der Waals surface area contributed by atoms with Crippen LogP contribution in [0.25, 0.3) is 0 Å². The average molecular weight is 347 g/mol. The van der Waals surface area contributed by atoms with Crippen LogP contribution in [0.1, 0.15) is 20.3 Å². The Morgan fingerprint density at radius 3 is 2.60 bits per heavy atom. The number of carbonyl (C=O) groups is 2. The largest absolute Gasteiger partial charge is 0.481 e. The van der Waals surface area contributed by atoms with Gasteiger partial charge in [0.2, 0.25) is 23.6 Å². The molecule has 1 aromatic heterocycles. The second kappa shape index (κ2) is 7.25. The van der Waals surface area contributed by atoms with Crippen molar-refractivity contribution in [3.05, 3.63) is 12.3 Å². The Balaban J connectivity index is 1.57. The molecule has 0 aliphatic carbocycles. The molecular formula is C17H25N5O3. The topological polar surface area (TPSA) is 78.9 Å². The van der Waals surface area contributed by atoms with E-state index in [1.54, 1.807) is 24.3 Å². The second-order valence-corrected chi connectivity index (χ2v) is 6.75. The molecule has 3 rings (SSSR count). The van der Waals surface area contributed by atoms with Crippen LogP contribution in [0.5, 0.6) is 5.88 Å². The fraction of sp³-hybridized carbons (Fsp3) is 0.647. The van der Waals surface area contributed by atoms with Gasteiger partial charge in [0.1, 0.15) is 0 Å². The molecule has 0 aromatic carbocycles. The predicted molar refractivity (Wildman–Crippen MR) is 92.3 cm³/mol. The molecule has 1 atom stereocenters. The van der Waals surface area contributed by atoms with Gasteiger partial charge in [0.05, 0.1) is 13.0 Å². The molecule has 2 fully saturated rings. The van der Waals surface area contributed by atoms with Gasteiger partial charge in [0, 0.05) is 57.4 Å². The van der Waals surface area contributed by atoms with Crippen molar-refractivity contribution >= 4 is 17.8 Å². The lowest BCUT2D eigenvalue weighted by Gasteiger charge is -2.35. The molecule has 0 N–H and O–H groups in total. The summed E-state index contributed by atoms with van der Waals surface area (Å²) in [7, 11) is 1.58. The van der Waals surface area contributed by atoms with Gasteiger partial charge in [-0.1, -0.05) is 0 Å². The van der Waals surface area contributed by atoms with E-state index in [1.807, 2.05) is 23.6 Å². The standard InChI is InChI=1S/C17H25N5O3/c1-12(2)22-11-13(10-15(22)23)16(24)20-6-8-21(9-7-20)17-18-5-4-14(19-17)25-3/h4-5,12-13H,6-11H2,1-3H3/t13-/m0/s1. The molecule has 8 nitrogen and oxygen atoms in total. The highest BCUT2D eigenvalue weighted by Gasteiger charge is 2.38. The molecule has 2 amide bonds. The van der Waals surface area contributed by atoms with Crippen molar-refractivity contribution in [1.82, 2.24) is 19.8 Å². The number of likely N-dealkylation sites (tertiary alicyclic amines) is 1. The van der Waals surface area contributed by atoms with Gasteiger partial charge in [-0.05, 0) is 13.8 Å². The first-order valence-corrected chi connectivity index (χ1v) is 8.70. The molecule has 0 saturated carbocycles. The van der Waals surface area contributed by atoms with Crippen molar-refractivity contribution in [3.63, 3.8) is 0 Å². The van der Waals surface area contributed by atoms with Gasteiger partial charge >= 0.3 is 0 Å². The Labute approximate surface area is 147 Å². The SMILES string of the molecule is COc1ccnc(N2CCN(C(=O)[C@H]3CC(=O)N(C(C)C)C3)CC2)n1. The molecule has 1 aromatic rings. The van der Waals surface area contributed by atoms with Crippen LogP contribution >= 0.6 is 0 Å². The molecule has 0 spiro atoms. The van der Waals surface area contributed by atoms with Crippen LogP contribution in [0.4, 0.5) is 5.95 Å². The fourth-order valence-electron chi connectivity index (χ4n) is 3.38. The smallest absolute Gasteiger partial charge is 0.228 e. The fourth-order valence-corrected chi connectivity index (χ4v) is 3.38. The van der Waals surface area contributed by atoms with Crippen LogP contribution in [0.2, 0.25) is 0 Å². The number of carbonyl (C=O) groups excluding carboxylic acids is 2. The quantitative estimate of drug-likeness (QED) is 0.784. The minimum absolute atomic E-state index is 0.0803. The van der Waals surface area contributed by atoms with Crippen molar-refractivity contribution in [2.45, 2.75) is 26.3 Å². The Bertz CT molecular complexity index is 643. The Kier molecular flexibility index (Phi) is 5.06. The van der Waals surface area contributed by atoms with Crippen molar-refractivity contribution in [2.75, 3.05) is 44.7 Å². The van der Waals surface area contributed by atoms with Crippen LogP contribution in [0.3, 0.4) is 0 Å². The van der Waals surface area contributed by atoms with Crippen molar-refractivity contribution in [3.8, 4) is 5.88 Å². The number of hydrogen-bond donors (Lipinski definition) is 0. The van der Waals surface area contributed by atoms with Crippen molar-refractivity contribution < 1.29 is 14.3 Å². The van der Waals surface area contributed by atoms with Crippen LogP contribution in [-0.4, -0.2) is 77.5 Å². The summed E-state index contributed by atoms with van der Waals surface area (Å²) in [4.78, 5) is 39.1. The van der Waals surface area contributed by atoms with E-state index in [2.05, 4.69) is 9.97 Å². The highest BCUT2D eigenvalue weighted by molar-refractivity contribution is 5.89. The van der Waals surface area contributed by atoms with E-state index in [0.29, 0.717) is 51.0 Å². The van der Waals surface area contributed by atoms with E-state index in [9.17, 15) is 9.59 Å². The van der Waals surface area contributed by atoms with Gasteiger partial charge in [0.15, 0.2) is 0 Å². The van der Waals surface area contributed by atoms with Gasteiger partial charge < -0.3 is 19.4 Å². The maximum atomic E-state index is 12.7. The summed E-state index contributed by atoms with van der Waals surface area (Å²) in [5.74, 6) is 1.10. The lowest BCUT2D eigenvalue weighted by Crippen LogP contribution is -2.51. The van der Waals surface area contributed by atoms with Crippen LogP contribution in [0, 0.1) is 5.92 Å². The summed E-state index contributed by atoms with van der Waals surface area (Å²) in [6.45, 7) is 7.09. The predicted octanol–water partition coefficient (Wildman–Crippen LogP) is 0.391. The normalized spacial score (nSPS) is 21.2. The molecule has 3 heterocycles. The highest BCUT2D eigenvalue weighted by atomic mass is 16.5. The lowest BCUT2D eigenvalue weighted by atomic mass is 10.1. The molecule has 2 aliphatic heterocycles. The molecule has 8 heteroatoms. The molecule has 2 aliphatic rings. The van der Waals surface area contributed by atoms with E-state index < -0.39 is 0 Å². The van der Waals surface area contributed by atoms with E-state index in [4.69, 9.17) is 4.74 Å².